The number of aryl methyl sites for hydroxylation is 1. The van der Waals surface area contributed by atoms with Gasteiger partial charge in [0.05, 0.1) is 17.2 Å². The summed E-state index contributed by atoms with van der Waals surface area (Å²) in [4.78, 5) is 12.6. The first kappa shape index (κ1) is 22.2. The largest absolute Gasteiger partial charge is 0.493 e. The van der Waals surface area contributed by atoms with E-state index in [9.17, 15) is 4.79 Å². The number of allylic oxidation sites excluding steroid dienone is 6. The van der Waals surface area contributed by atoms with E-state index < -0.39 is 0 Å². The molecular weight excluding hydrogens is 428 g/mol. The van der Waals surface area contributed by atoms with Gasteiger partial charge in [0.1, 0.15) is 6.61 Å². The predicted molar refractivity (Wildman–Crippen MR) is 130 cm³/mol. The lowest BCUT2D eigenvalue weighted by Crippen LogP contribution is -2.25. The third-order valence-corrected chi connectivity index (χ3v) is 6.87. The third-order valence-electron chi connectivity index (χ3n) is 6.87. The van der Waals surface area contributed by atoms with Crippen LogP contribution in [0.1, 0.15) is 64.0 Å². The minimum Gasteiger partial charge on any atom is -0.493 e. The minimum atomic E-state index is -0.340. The number of tetrazole rings is 1. The van der Waals surface area contributed by atoms with Gasteiger partial charge in [-0.05, 0) is 80.0 Å². The molecule has 0 unspecified atom stereocenters. The highest BCUT2D eigenvalue weighted by Gasteiger charge is 2.29. The molecule has 0 atom stereocenters. The van der Waals surface area contributed by atoms with E-state index >= 15 is 0 Å². The second-order valence-corrected chi connectivity index (χ2v) is 9.42. The molecule has 8 heteroatoms. The molecule has 0 radical (unpaired) electrons. The Labute approximate surface area is 199 Å². The van der Waals surface area contributed by atoms with Crippen LogP contribution in [-0.2, 0) is 11.8 Å². The molecule has 0 aromatic carbocycles. The number of hydrogen-bond acceptors (Lipinski definition) is 5. The Morgan fingerprint density at radius 2 is 2.06 bits per heavy atom. The second-order valence-electron chi connectivity index (χ2n) is 9.42. The maximum Gasteiger partial charge on any atom is 0.368 e. The molecule has 3 aliphatic carbocycles. The molecule has 0 saturated heterocycles. The molecule has 0 amide bonds. The average molecular weight is 459 g/mol. The topological polar surface area (TPSA) is 79.8 Å². The van der Waals surface area contributed by atoms with Crippen LogP contribution in [0.3, 0.4) is 0 Å². The number of hydrogen-bond donors (Lipinski definition) is 0. The number of ether oxygens (including phenoxy) is 1. The normalized spacial score (nSPS) is 19.6. The SMILES string of the molecule is C#C/C=C(\C(COC1=C(C)C=C(n2ccc(C3CC3)n2)CC1)=C(/C)C1CC1)n1nnn(C)c1=O. The molecule has 2 heterocycles. The van der Waals surface area contributed by atoms with Gasteiger partial charge in [-0.15, -0.1) is 6.42 Å². The van der Waals surface area contributed by atoms with E-state index in [2.05, 4.69) is 48.5 Å². The van der Waals surface area contributed by atoms with Crippen molar-refractivity contribution in [3.8, 4) is 12.3 Å². The molecule has 2 saturated carbocycles. The van der Waals surface area contributed by atoms with Crippen LogP contribution in [0.5, 0.6) is 0 Å². The lowest BCUT2D eigenvalue weighted by Gasteiger charge is -2.21. The van der Waals surface area contributed by atoms with Gasteiger partial charge >= 0.3 is 5.69 Å². The quantitative estimate of drug-likeness (QED) is 0.443. The monoisotopic (exact) mass is 458 g/mol. The summed E-state index contributed by atoms with van der Waals surface area (Å²) in [6.45, 7) is 4.49. The average Bonchev–Trinajstić information content (AvgIpc) is 3.77. The molecule has 176 valence electrons. The molecule has 0 aliphatic heterocycles. The van der Waals surface area contributed by atoms with Gasteiger partial charge in [0.25, 0.3) is 0 Å². The molecular formula is C26H30N6O2. The highest BCUT2D eigenvalue weighted by molar-refractivity contribution is 5.68. The van der Waals surface area contributed by atoms with Crippen molar-refractivity contribution in [2.24, 2.45) is 13.0 Å². The van der Waals surface area contributed by atoms with Gasteiger partial charge in [-0.3, -0.25) is 0 Å². The number of aromatic nitrogens is 6. The van der Waals surface area contributed by atoms with Gasteiger partial charge < -0.3 is 4.74 Å². The van der Waals surface area contributed by atoms with E-state index in [0.29, 0.717) is 24.1 Å². The number of terminal acetylenes is 1. The molecule has 2 fully saturated rings. The lowest BCUT2D eigenvalue weighted by atomic mass is 10.0. The molecule has 5 rings (SSSR count). The Morgan fingerprint density at radius 1 is 1.26 bits per heavy atom. The zero-order valence-corrected chi connectivity index (χ0v) is 20.0. The van der Waals surface area contributed by atoms with Crippen molar-refractivity contribution in [2.45, 2.75) is 58.3 Å². The van der Waals surface area contributed by atoms with E-state index in [0.717, 1.165) is 42.6 Å². The Balaban J connectivity index is 1.39. The molecule has 3 aliphatic rings. The van der Waals surface area contributed by atoms with E-state index in [1.807, 2.05) is 4.68 Å². The summed E-state index contributed by atoms with van der Waals surface area (Å²) in [6, 6.07) is 2.13. The van der Waals surface area contributed by atoms with Crippen LogP contribution in [0.25, 0.3) is 11.4 Å². The van der Waals surface area contributed by atoms with E-state index in [1.165, 1.54) is 39.2 Å². The van der Waals surface area contributed by atoms with E-state index in [4.69, 9.17) is 16.3 Å². The van der Waals surface area contributed by atoms with Crippen molar-refractivity contribution in [1.29, 1.82) is 0 Å². The zero-order valence-electron chi connectivity index (χ0n) is 20.0. The number of rotatable bonds is 8. The van der Waals surface area contributed by atoms with Crippen LogP contribution in [-0.4, -0.2) is 36.2 Å². The smallest absolute Gasteiger partial charge is 0.368 e. The van der Waals surface area contributed by atoms with Gasteiger partial charge in [0.2, 0.25) is 0 Å². The highest BCUT2D eigenvalue weighted by Crippen LogP contribution is 2.41. The van der Waals surface area contributed by atoms with Gasteiger partial charge in [-0.2, -0.15) is 14.5 Å². The maximum atomic E-state index is 12.6. The van der Waals surface area contributed by atoms with E-state index in [-0.39, 0.29) is 5.69 Å². The summed E-state index contributed by atoms with van der Waals surface area (Å²) in [5.41, 5.74) is 5.77. The fraction of sp³-hybridized carbons (Fsp3) is 0.462. The highest BCUT2D eigenvalue weighted by atomic mass is 16.5. The Hall–Kier alpha value is -3.60. The standard InChI is InChI=1S/C26H30N6O2/c1-5-6-24(32-26(33)30(4)28-29-32)22(18(3)19-7-8-19)16-34-25-12-11-21(15-17(25)2)31-14-13-23(27-31)20-9-10-20/h1,6,13-15,19-20H,7-12,16H2,2-4H3/b22-18+,24-6+. The van der Waals surface area contributed by atoms with Crippen molar-refractivity contribution in [3.05, 3.63) is 63.1 Å². The van der Waals surface area contributed by atoms with Crippen molar-refractivity contribution in [3.63, 3.8) is 0 Å². The third kappa shape index (κ3) is 4.43. The van der Waals surface area contributed by atoms with Gasteiger partial charge in [0, 0.05) is 42.9 Å². The first-order valence-electron chi connectivity index (χ1n) is 11.9. The van der Waals surface area contributed by atoms with Gasteiger partial charge in [0.15, 0.2) is 0 Å². The summed E-state index contributed by atoms with van der Waals surface area (Å²) in [5, 5.41) is 12.6. The minimum absolute atomic E-state index is 0.322. The van der Waals surface area contributed by atoms with Crippen molar-refractivity contribution < 1.29 is 4.74 Å². The molecule has 2 aromatic heterocycles. The lowest BCUT2D eigenvalue weighted by molar-refractivity contribution is 0.226. The molecule has 8 nitrogen and oxygen atoms in total. The molecule has 0 N–H and O–H groups in total. The predicted octanol–water partition coefficient (Wildman–Crippen LogP) is 3.88. The van der Waals surface area contributed by atoms with Crippen LogP contribution in [0.15, 0.2) is 51.7 Å². The first-order valence-corrected chi connectivity index (χ1v) is 11.9. The Kier molecular flexibility index (Phi) is 5.86. The molecule has 0 bridgehead atoms. The van der Waals surface area contributed by atoms with Crippen molar-refractivity contribution in [1.82, 2.24) is 29.6 Å². The molecule has 2 aromatic rings. The molecule has 34 heavy (non-hydrogen) atoms. The van der Waals surface area contributed by atoms with Crippen molar-refractivity contribution >= 4 is 11.4 Å². The summed E-state index contributed by atoms with van der Waals surface area (Å²) < 4.78 is 10.8. The van der Waals surface area contributed by atoms with Crippen LogP contribution in [0, 0.1) is 18.3 Å². The fourth-order valence-electron chi connectivity index (χ4n) is 4.43. The van der Waals surface area contributed by atoms with Crippen molar-refractivity contribution in [2.75, 3.05) is 6.61 Å². The van der Waals surface area contributed by atoms with Crippen LogP contribution >= 0.6 is 0 Å². The maximum absolute atomic E-state index is 12.6. The van der Waals surface area contributed by atoms with E-state index in [1.54, 1.807) is 13.1 Å². The Bertz CT molecular complexity index is 1330. The summed E-state index contributed by atoms with van der Waals surface area (Å²) in [5.74, 6) is 4.65. The Morgan fingerprint density at radius 3 is 2.68 bits per heavy atom. The van der Waals surface area contributed by atoms with Crippen LogP contribution in [0.4, 0.5) is 0 Å². The zero-order chi connectivity index (χ0) is 23.8. The van der Waals surface area contributed by atoms with Gasteiger partial charge in [-0.25, -0.2) is 9.48 Å². The van der Waals surface area contributed by atoms with Gasteiger partial charge in [-0.1, -0.05) is 11.5 Å². The number of nitrogens with zero attached hydrogens (tertiary/aromatic N) is 6. The fourth-order valence-corrected chi connectivity index (χ4v) is 4.43. The summed E-state index contributed by atoms with van der Waals surface area (Å²) >= 11 is 0. The van der Waals surface area contributed by atoms with Crippen LogP contribution in [0.2, 0.25) is 0 Å². The first-order chi connectivity index (χ1) is 16.5. The second kappa shape index (κ2) is 8.98. The summed E-state index contributed by atoms with van der Waals surface area (Å²) in [7, 11) is 1.57. The van der Waals surface area contributed by atoms with Crippen LogP contribution < -0.4 is 5.69 Å². The summed E-state index contributed by atoms with van der Waals surface area (Å²) in [6.07, 6.45) is 17.8. The molecule has 0 spiro atoms.